The van der Waals surface area contributed by atoms with E-state index in [4.69, 9.17) is 5.73 Å². The molecule has 1 unspecified atom stereocenters. The summed E-state index contributed by atoms with van der Waals surface area (Å²) in [4.78, 5) is 3.95. The SMILES string of the molecule is CCCC(CCN)CNc1ccc(F)cn1. The molecule has 0 saturated heterocycles. The van der Waals surface area contributed by atoms with Gasteiger partial charge in [0.25, 0.3) is 0 Å². The summed E-state index contributed by atoms with van der Waals surface area (Å²) in [5.74, 6) is 0.985. The van der Waals surface area contributed by atoms with Gasteiger partial charge in [0.2, 0.25) is 0 Å². The molecule has 0 fully saturated rings. The van der Waals surface area contributed by atoms with E-state index in [1.165, 1.54) is 12.3 Å². The molecule has 0 aliphatic rings. The van der Waals surface area contributed by atoms with Gasteiger partial charge in [0.15, 0.2) is 0 Å². The van der Waals surface area contributed by atoms with E-state index in [1.807, 2.05) is 0 Å². The van der Waals surface area contributed by atoms with Gasteiger partial charge in [-0.05, 0) is 37.4 Å². The van der Waals surface area contributed by atoms with Crippen LogP contribution in [0.5, 0.6) is 0 Å². The zero-order valence-electron chi connectivity index (χ0n) is 9.75. The van der Waals surface area contributed by atoms with Gasteiger partial charge >= 0.3 is 0 Å². The molecule has 0 radical (unpaired) electrons. The Morgan fingerprint density at radius 2 is 2.25 bits per heavy atom. The molecule has 4 heteroatoms. The Balaban J connectivity index is 2.38. The molecule has 0 aliphatic heterocycles. The molecule has 1 atom stereocenters. The molecular weight excluding hydrogens is 205 g/mol. The molecule has 90 valence electrons. The molecule has 1 heterocycles. The van der Waals surface area contributed by atoms with Crippen LogP contribution in [0.2, 0.25) is 0 Å². The van der Waals surface area contributed by atoms with Gasteiger partial charge in [-0.3, -0.25) is 0 Å². The van der Waals surface area contributed by atoms with E-state index >= 15 is 0 Å². The molecule has 1 aromatic rings. The highest BCUT2D eigenvalue weighted by Crippen LogP contribution is 2.12. The standard InChI is InChI=1S/C12H20FN3/c1-2-3-10(6-7-14)8-15-12-5-4-11(13)9-16-12/h4-5,9-10H,2-3,6-8,14H2,1H3,(H,15,16). The van der Waals surface area contributed by atoms with Crippen molar-refractivity contribution < 1.29 is 4.39 Å². The molecule has 3 N–H and O–H groups in total. The second-order valence-electron chi connectivity index (χ2n) is 3.97. The molecule has 1 rings (SSSR count). The van der Waals surface area contributed by atoms with Crippen molar-refractivity contribution in [3.63, 3.8) is 0 Å². The lowest BCUT2D eigenvalue weighted by atomic mass is 10.00. The maximum atomic E-state index is 12.6. The summed E-state index contributed by atoms with van der Waals surface area (Å²) in [5.41, 5.74) is 5.56. The van der Waals surface area contributed by atoms with E-state index in [0.29, 0.717) is 12.5 Å². The van der Waals surface area contributed by atoms with Crippen molar-refractivity contribution in [3.05, 3.63) is 24.1 Å². The Labute approximate surface area is 96.3 Å². The second kappa shape index (κ2) is 7.17. The number of rotatable bonds is 7. The topological polar surface area (TPSA) is 50.9 Å². The Morgan fingerprint density at radius 1 is 1.44 bits per heavy atom. The van der Waals surface area contributed by atoms with Crippen molar-refractivity contribution in [1.29, 1.82) is 0 Å². The number of nitrogens with two attached hydrogens (primary N) is 1. The highest BCUT2D eigenvalue weighted by atomic mass is 19.1. The molecular formula is C12H20FN3. The van der Waals surface area contributed by atoms with Gasteiger partial charge in [-0.15, -0.1) is 0 Å². The third-order valence-corrected chi connectivity index (χ3v) is 2.57. The van der Waals surface area contributed by atoms with E-state index in [0.717, 1.165) is 31.6 Å². The zero-order valence-corrected chi connectivity index (χ0v) is 9.75. The van der Waals surface area contributed by atoms with Crippen LogP contribution in [-0.4, -0.2) is 18.1 Å². The first-order valence-corrected chi connectivity index (χ1v) is 5.81. The van der Waals surface area contributed by atoms with Crippen LogP contribution in [0.25, 0.3) is 0 Å². The number of nitrogens with zero attached hydrogens (tertiary/aromatic N) is 1. The Kier molecular flexibility index (Phi) is 5.78. The summed E-state index contributed by atoms with van der Waals surface area (Å²) in [6, 6.07) is 3.06. The number of anilines is 1. The number of nitrogens with one attached hydrogen (secondary N) is 1. The summed E-state index contributed by atoms with van der Waals surface area (Å²) < 4.78 is 12.6. The van der Waals surface area contributed by atoms with Crippen LogP contribution in [0.3, 0.4) is 0 Å². The van der Waals surface area contributed by atoms with Gasteiger partial charge < -0.3 is 11.1 Å². The third-order valence-electron chi connectivity index (χ3n) is 2.57. The molecule has 0 bridgehead atoms. The van der Waals surface area contributed by atoms with E-state index in [-0.39, 0.29) is 5.82 Å². The van der Waals surface area contributed by atoms with Crippen LogP contribution >= 0.6 is 0 Å². The van der Waals surface area contributed by atoms with Crippen LogP contribution < -0.4 is 11.1 Å². The minimum atomic E-state index is -0.308. The quantitative estimate of drug-likeness (QED) is 0.749. The van der Waals surface area contributed by atoms with Crippen molar-refractivity contribution in [2.45, 2.75) is 26.2 Å². The number of aromatic nitrogens is 1. The maximum absolute atomic E-state index is 12.6. The number of hydrogen-bond donors (Lipinski definition) is 2. The predicted molar refractivity (Wildman–Crippen MR) is 64.8 cm³/mol. The fourth-order valence-corrected chi connectivity index (χ4v) is 1.72. The van der Waals surface area contributed by atoms with Crippen molar-refractivity contribution in [2.24, 2.45) is 11.7 Å². The van der Waals surface area contributed by atoms with Crippen molar-refractivity contribution >= 4 is 5.82 Å². The third kappa shape index (κ3) is 4.57. The largest absolute Gasteiger partial charge is 0.370 e. The second-order valence-corrected chi connectivity index (χ2v) is 3.97. The summed E-state index contributed by atoms with van der Waals surface area (Å²) in [7, 11) is 0. The fourth-order valence-electron chi connectivity index (χ4n) is 1.72. The smallest absolute Gasteiger partial charge is 0.141 e. The summed E-state index contributed by atoms with van der Waals surface area (Å²) in [6.07, 6.45) is 4.55. The molecule has 0 aliphatic carbocycles. The first-order chi connectivity index (χ1) is 7.76. The molecule has 0 saturated carbocycles. The van der Waals surface area contributed by atoms with E-state index < -0.39 is 0 Å². The number of hydrogen-bond acceptors (Lipinski definition) is 3. The summed E-state index contributed by atoms with van der Waals surface area (Å²) >= 11 is 0. The van der Waals surface area contributed by atoms with Gasteiger partial charge in [0.05, 0.1) is 6.20 Å². The van der Waals surface area contributed by atoms with Gasteiger partial charge in [-0.1, -0.05) is 13.3 Å². The van der Waals surface area contributed by atoms with E-state index in [1.54, 1.807) is 6.07 Å². The molecule has 0 spiro atoms. The lowest BCUT2D eigenvalue weighted by molar-refractivity contribution is 0.473. The maximum Gasteiger partial charge on any atom is 0.141 e. The monoisotopic (exact) mass is 225 g/mol. The van der Waals surface area contributed by atoms with Gasteiger partial charge in [0, 0.05) is 6.54 Å². The van der Waals surface area contributed by atoms with Gasteiger partial charge in [-0.2, -0.15) is 0 Å². The zero-order chi connectivity index (χ0) is 11.8. The average Bonchev–Trinajstić information content (AvgIpc) is 2.29. The van der Waals surface area contributed by atoms with Crippen LogP contribution in [-0.2, 0) is 0 Å². The average molecular weight is 225 g/mol. The first-order valence-electron chi connectivity index (χ1n) is 5.81. The molecule has 3 nitrogen and oxygen atoms in total. The number of halogens is 1. The van der Waals surface area contributed by atoms with Gasteiger partial charge in [-0.25, -0.2) is 9.37 Å². The summed E-state index contributed by atoms with van der Waals surface area (Å²) in [6.45, 7) is 3.73. The van der Waals surface area contributed by atoms with Gasteiger partial charge in [0.1, 0.15) is 11.6 Å². The minimum absolute atomic E-state index is 0.308. The van der Waals surface area contributed by atoms with Crippen LogP contribution in [0.4, 0.5) is 10.2 Å². The highest BCUT2D eigenvalue weighted by molar-refractivity contribution is 5.33. The normalized spacial score (nSPS) is 12.4. The van der Waals surface area contributed by atoms with Crippen LogP contribution in [0.1, 0.15) is 26.2 Å². The van der Waals surface area contributed by atoms with Crippen molar-refractivity contribution in [3.8, 4) is 0 Å². The highest BCUT2D eigenvalue weighted by Gasteiger charge is 2.06. The minimum Gasteiger partial charge on any atom is -0.370 e. The van der Waals surface area contributed by atoms with Crippen molar-refractivity contribution in [2.75, 3.05) is 18.4 Å². The van der Waals surface area contributed by atoms with E-state index in [9.17, 15) is 4.39 Å². The Bertz CT molecular complexity index is 281. The van der Waals surface area contributed by atoms with Crippen molar-refractivity contribution in [1.82, 2.24) is 4.98 Å². The molecule has 1 aromatic heterocycles. The molecule has 0 amide bonds. The fraction of sp³-hybridized carbons (Fsp3) is 0.583. The Hall–Kier alpha value is -1.16. The lowest BCUT2D eigenvalue weighted by Gasteiger charge is -2.16. The number of pyridine rings is 1. The lowest BCUT2D eigenvalue weighted by Crippen LogP contribution is -2.18. The van der Waals surface area contributed by atoms with Crippen LogP contribution in [0, 0.1) is 11.7 Å². The Morgan fingerprint density at radius 3 is 2.81 bits per heavy atom. The van der Waals surface area contributed by atoms with E-state index in [2.05, 4.69) is 17.2 Å². The summed E-state index contributed by atoms with van der Waals surface area (Å²) in [5, 5.41) is 3.21. The molecule has 0 aromatic carbocycles. The molecule has 16 heavy (non-hydrogen) atoms. The van der Waals surface area contributed by atoms with Crippen LogP contribution in [0.15, 0.2) is 18.3 Å². The first kappa shape index (κ1) is 12.9. The predicted octanol–water partition coefficient (Wildman–Crippen LogP) is 2.40.